The van der Waals surface area contributed by atoms with E-state index in [0.29, 0.717) is 0 Å². The predicted octanol–water partition coefficient (Wildman–Crippen LogP) is 3.09. The first-order valence-corrected chi connectivity index (χ1v) is 4.74. The van der Waals surface area contributed by atoms with E-state index in [1.807, 2.05) is 12.3 Å². The number of hydrogen-bond donors (Lipinski definition) is 0. The van der Waals surface area contributed by atoms with Gasteiger partial charge in [-0.25, -0.2) is 0 Å². The minimum absolute atomic E-state index is 0.975. The third kappa shape index (κ3) is 0.982. The summed E-state index contributed by atoms with van der Waals surface area (Å²) in [6, 6.07) is 1.99. The highest BCUT2D eigenvalue weighted by Crippen LogP contribution is 2.26. The van der Waals surface area contributed by atoms with Crippen molar-refractivity contribution in [1.29, 1.82) is 0 Å². The predicted molar refractivity (Wildman–Crippen MR) is 48.3 cm³/mol. The minimum Gasteiger partial charge on any atom is -0.263 e. The van der Waals surface area contributed by atoms with Crippen LogP contribution in [0.5, 0.6) is 0 Å². The van der Waals surface area contributed by atoms with Crippen molar-refractivity contribution in [2.45, 2.75) is 0 Å². The molecule has 0 aliphatic rings. The molecule has 2 aromatic heterocycles. The third-order valence-electron chi connectivity index (χ3n) is 1.13. The Balaban J connectivity index is 3.01. The number of nitrogens with zero attached hydrogens (tertiary/aromatic N) is 1. The SMILES string of the molecule is S=c1sc2ccncc2s1. The van der Waals surface area contributed by atoms with E-state index < -0.39 is 0 Å². The lowest BCUT2D eigenvalue weighted by Gasteiger charge is -1.80. The lowest BCUT2D eigenvalue weighted by molar-refractivity contribution is 1.38. The van der Waals surface area contributed by atoms with Crippen molar-refractivity contribution >= 4 is 44.3 Å². The lowest BCUT2D eigenvalue weighted by atomic mass is 10.5. The molecule has 0 bridgehead atoms. The molecule has 1 nitrogen and oxygen atoms in total. The molecule has 0 atom stereocenters. The van der Waals surface area contributed by atoms with E-state index >= 15 is 0 Å². The molecule has 4 heteroatoms. The van der Waals surface area contributed by atoms with Crippen molar-refractivity contribution in [1.82, 2.24) is 4.98 Å². The zero-order valence-electron chi connectivity index (χ0n) is 4.90. The summed E-state index contributed by atoms with van der Waals surface area (Å²) in [6.45, 7) is 0. The molecule has 0 spiro atoms. The van der Waals surface area contributed by atoms with Crippen molar-refractivity contribution < 1.29 is 0 Å². The molecule has 0 N–H and O–H groups in total. The Bertz CT molecular complexity index is 364. The van der Waals surface area contributed by atoms with Crippen molar-refractivity contribution in [3.05, 3.63) is 21.6 Å². The topological polar surface area (TPSA) is 12.9 Å². The highest BCUT2D eigenvalue weighted by Gasteiger charge is 1.93. The van der Waals surface area contributed by atoms with Crippen LogP contribution in [0.2, 0.25) is 0 Å². The Hall–Kier alpha value is -0.320. The van der Waals surface area contributed by atoms with Crippen LogP contribution in [0, 0.1) is 3.14 Å². The second-order valence-electron chi connectivity index (χ2n) is 1.78. The van der Waals surface area contributed by atoms with E-state index in [2.05, 4.69) is 4.98 Å². The first kappa shape index (κ1) is 6.39. The summed E-state index contributed by atoms with van der Waals surface area (Å²) in [6.07, 6.45) is 3.65. The summed E-state index contributed by atoms with van der Waals surface area (Å²) < 4.78 is 3.41. The number of rotatable bonds is 0. The van der Waals surface area contributed by atoms with Crippen molar-refractivity contribution in [2.24, 2.45) is 0 Å². The molecule has 2 heterocycles. The normalized spacial score (nSPS) is 10.4. The third-order valence-corrected chi connectivity index (χ3v) is 3.72. The summed E-state index contributed by atoms with van der Waals surface area (Å²) in [5.74, 6) is 0. The molecule has 0 saturated heterocycles. The summed E-state index contributed by atoms with van der Waals surface area (Å²) in [5.41, 5.74) is 0. The van der Waals surface area contributed by atoms with E-state index in [1.165, 1.54) is 9.40 Å². The molecule has 0 unspecified atom stereocenters. The maximum absolute atomic E-state index is 5.02. The van der Waals surface area contributed by atoms with E-state index in [-0.39, 0.29) is 0 Å². The quantitative estimate of drug-likeness (QED) is 0.585. The molecule has 0 saturated carbocycles. The Morgan fingerprint density at radius 3 is 2.90 bits per heavy atom. The molecular formula is C6H3NS3. The molecule has 0 aliphatic heterocycles. The van der Waals surface area contributed by atoms with Gasteiger partial charge in [-0.3, -0.25) is 4.98 Å². The van der Waals surface area contributed by atoms with Crippen LogP contribution in [-0.4, -0.2) is 4.98 Å². The van der Waals surface area contributed by atoms with Crippen LogP contribution in [0.3, 0.4) is 0 Å². The summed E-state index contributed by atoms with van der Waals surface area (Å²) >= 11 is 8.29. The van der Waals surface area contributed by atoms with Crippen LogP contribution < -0.4 is 0 Å². The maximum atomic E-state index is 5.02. The Morgan fingerprint density at radius 2 is 2.10 bits per heavy atom. The van der Waals surface area contributed by atoms with Gasteiger partial charge in [0.15, 0.2) is 0 Å². The summed E-state index contributed by atoms with van der Waals surface area (Å²) in [7, 11) is 0. The van der Waals surface area contributed by atoms with Crippen molar-refractivity contribution in [2.75, 3.05) is 0 Å². The minimum atomic E-state index is 0.975. The Morgan fingerprint density at radius 1 is 1.30 bits per heavy atom. The zero-order chi connectivity index (χ0) is 6.97. The van der Waals surface area contributed by atoms with E-state index in [4.69, 9.17) is 12.2 Å². The van der Waals surface area contributed by atoms with Crippen LogP contribution in [0.15, 0.2) is 18.5 Å². The molecule has 10 heavy (non-hydrogen) atoms. The monoisotopic (exact) mass is 185 g/mol. The standard InChI is InChI=1S/C6H3NS3/c8-6-9-4-1-2-7-3-5(4)10-6/h1-3H. The van der Waals surface area contributed by atoms with Gasteiger partial charge in [0.25, 0.3) is 0 Å². The molecule has 50 valence electrons. The van der Waals surface area contributed by atoms with Gasteiger partial charge >= 0.3 is 0 Å². The molecule has 0 amide bonds. The molecule has 2 rings (SSSR count). The number of aromatic nitrogens is 1. The maximum Gasteiger partial charge on any atom is 0.144 e. The number of fused-ring (bicyclic) bond motifs is 1. The first-order chi connectivity index (χ1) is 4.86. The van der Waals surface area contributed by atoms with Crippen LogP contribution >= 0.6 is 34.9 Å². The highest BCUT2D eigenvalue weighted by atomic mass is 32.2. The zero-order valence-corrected chi connectivity index (χ0v) is 7.35. The van der Waals surface area contributed by atoms with E-state index in [0.717, 1.165) is 3.14 Å². The molecule has 0 fully saturated rings. The van der Waals surface area contributed by atoms with E-state index in [1.54, 1.807) is 28.9 Å². The van der Waals surface area contributed by atoms with Crippen LogP contribution in [0.25, 0.3) is 9.40 Å². The molecule has 0 radical (unpaired) electrons. The fourth-order valence-corrected chi connectivity index (χ4v) is 3.15. The van der Waals surface area contributed by atoms with Gasteiger partial charge in [0.1, 0.15) is 3.14 Å². The van der Waals surface area contributed by atoms with E-state index in [9.17, 15) is 0 Å². The summed E-state index contributed by atoms with van der Waals surface area (Å²) in [4.78, 5) is 4.00. The van der Waals surface area contributed by atoms with Gasteiger partial charge in [0.2, 0.25) is 0 Å². The van der Waals surface area contributed by atoms with Gasteiger partial charge in [-0.15, -0.1) is 22.7 Å². The molecule has 0 aromatic carbocycles. The van der Waals surface area contributed by atoms with Gasteiger partial charge in [0, 0.05) is 17.1 Å². The summed E-state index contributed by atoms with van der Waals surface area (Å²) in [5, 5.41) is 0. The van der Waals surface area contributed by atoms with Crippen molar-refractivity contribution in [3.63, 3.8) is 0 Å². The van der Waals surface area contributed by atoms with Gasteiger partial charge in [-0.05, 0) is 6.07 Å². The number of hydrogen-bond acceptors (Lipinski definition) is 4. The Kier molecular flexibility index (Phi) is 1.52. The second-order valence-corrected chi connectivity index (χ2v) is 5.06. The fraction of sp³-hybridized carbons (Fsp3) is 0. The van der Waals surface area contributed by atoms with Crippen LogP contribution in [-0.2, 0) is 0 Å². The number of pyridine rings is 1. The highest BCUT2D eigenvalue weighted by molar-refractivity contribution is 7.77. The van der Waals surface area contributed by atoms with Crippen LogP contribution in [0.4, 0.5) is 0 Å². The molecule has 0 aliphatic carbocycles. The first-order valence-electron chi connectivity index (χ1n) is 2.70. The lowest BCUT2D eigenvalue weighted by Crippen LogP contribution is -1.62. The smallest absolute Gasteiger partial charge is 0.144 e. The van der Waals surface area contributed by atoms with Gasteiger partial charge < -0.3 is 0 Å². The average molecular weight is 185 g/mol. The van der Waals surface area contributed by atoms with Crippen LogP contribution in [0.1, 0.15) is 0 Å². The van der Waals surface area contributed by atoms with Gasteiger partial charge in [0.05, 0.1) is 4.70 Å². The van der Waals surface area contributed by atoms with Gasteiger partial charge in [-0.2, -0.15) is 0 Å². The molecule has 2 aromatic rings. The van der Waals surface area contributed by atoms with Crippen molar-refractivity contribution in [3.8, 4) is 0 Å². The Labute approximate surface area is 71.0 Å². The largest absolute Gasteiger partial charge is 0.263 e. The van der Waals surface area contributed by atoms with Gasteiger partial charge in [-0.1, -0.05) is 12.2 Å². The average Bonchev–Trinajstić information content (AvgIpc) is 2.27. The second kappa shape index (κ2) is 2.38. The molecular weight excluding hydrogens is 182 g/mol. The fourth-order valence-electron chi connectivity index (χ4n) is 0.729.